The highest BCUT2D eigenvalue weighted by molar-refractivity contribution is 5.39. The van der Waals surface area contributed by atoms with Crippen LogP contribution in [0.1, 0.15) is 44.7 Å². The third kappa shape index (κ3) is 2.76. The summed E-state index contributed by atoms with van der Waals surface area (Å²) in [4.78, 5) is 0. The number of hydrogen-bond acceptors (Lipinski definition) is 1. The Labute approximate surface area is 87.1 Å². The quantitative estimate of drug-likeness (QED) is 0.705. The first-order valence-corrected chi connectivity index (χ1v) is 5.28. The third-order valence-corrected chi connectivity index (χ3v) is 2.15. The highest BCUT2D eigenvalue weighted by Crippen LogP contribution is 2.28. The minimum absolute atomic E-state index is 0.245. The van der Waals surface area contributed by atoms with Gasteiger partial charge in [0.25, 0.3) is 0 Å². The average molecular weight is 192 g/mol. The van der Waals surface area contributed by atoms with Gasteiger partial charge in [-0.2, -0.15) is 0 Å². The summed E-state index contributed by atoms with van der Waals surface area (Å²) in [7, 11) is 0. The number of hydrogen-bond donors (Lipinski definition) is 0. The lowest BCUT2D eigenvalue weighted by Crippen LogP contribution is -2.08. The van der Waals surface area contributed by atoms with Crippen molar-refractivity contribution in [3.8, 4) is 5.75 Å². The van der Waals surface area contributed by atoms with Gasteiger partial charge in [0, 0.05) is 0 Å². The van der Waals surface area contributed by atoms with Crippen LogP contribution in [-0.2, 0) is 0 Å². The van der Waals surface area contributed by atoms with Crippen LogP contribution in [0, 0.1) is 6.92 Å². The van der Waals surface area contributed by atoms with Crippen LogP contribution in [0.4, 0.5) is 0 Å². The second-order valence-corrected chi connectivity index (χ2v) is 4.36. The summed E-state index contributed by atoms with van der Waals surface area (Å²) in [5, 5.41) is 0. The SMILES string of the molecule is Cc1ccc(C(C)C)c(OC(C)C)c1. The van der Waals surface area contributed by atoms with E-state index in [0.717, 1.165) is 5.75 Å². The maximum Gasteiger partial charge on any atom is 0.123 e. The Morgan fingerprint density at radius 2 is 1.71 bits per heavy atom. The second kappa shape index (κ2) is 4.50. The first kappa shape index (κ1) is 11.1. The van der Waals surface area contributed by atoms with Crippen LogP contribution in [0.25, 0.3) is 0 Å². The molecule has 1 nitrogen and oxygen atoms in total. The third-order valence-electron chi connectivity index (χ3n) is 2.15. The fourth-order valence-electron chi connectivity index (χ4n) is 1.47. The van der Waals surface area contributed by atoms with E-state index in [4.69, 9.17) is 4.74 Å². The van der Waals surface area contributed by atoms with E-state index < -0.39 is 0 Å². The molecule has 0 aliphatic heterocycles. The van der Waals surface area contributed by atoms with E-state index in [9.17, 15) is 0 Å². The average Bonchev–Trinajstić information content (AvgIpc) is 2.01. The lowest BCUT2D eigenvalue weighted by atomic mass is 10.0. The zero-order chi connectivity index (χ0) is 10.7. The van der Waals surface area contributed by atoms with Gasteiger partial charge < -0.3 is 4.74 Å². The zero-order valence-electron chi connectivity index (χ0n) is 9.79. The largest absolute Gasteiger partial charge is 0.491 e. The van der Waals surface area contributed by atoms with Crippen molar-refractivity contribution >= 4 is 0 Å². The zero-order valence-corrected chi connectivity index (χ0v) is 9.79. The molecule has 1 aromatic rings. The molecule has 0 fully saturated rings. The summed E-state index contributed by atoms with van der Waals surface area (Å²) >= 11 is 0. The second-order valence-electron chi connectivity index (χ2n) is 4.36. The van der Waals surface area contributed by atoms with Crippen LogP contribution < -0.4 is 4.74 Å². The smallest absolute Gasteiger partial charge is 0.123 e. The minimum atomic E-state index is 0.245. The van der Waals surface area contributed by atoms with Gasteiger partial charge in [0.05, 0.1) is 6.10 Å². The first-order valence-electron chi connectivity index (χ1n) is 5.28. The van der Waals surface area contributed by atoms with Crippen LogP contribution in [0.3, 0.4) is 0 Å². The van der Waals surface area contributed by atoms with Crippen LogP contribution in [0.5, 0.6) is 5.75 Å². The van der Waals surface area contributed by atoms with Crippen LogP contribution >= 0.6 is 0 Å². The van der Waals surface area contributed by atoms with Gasteiger partial charge in [-0.1, -0.05) is 26.0 Å². The van der Waals surface area contributed by atoms with E-state index in [0.29, 0.717) is 5.92 Å². The molecule has 0 radical (unpaired) electrons. The molecular formula is C13H20O. The molecule has 0 N–H and O–H groups in total. The monoisotopic (exact) mass is 192 g/mol. The van der Waals surface area contributed by atoms with E-state index in [1.54, 1.807) is 0 Å². The summed E-state index contributed by atoms with van der Waals surface area (Å²) in [5.74, 6) is 1.55. The Hall–Kier alpha value is -0.980. The molecule has 0 atom stereocenters. The lowest BCUT2D eigenvalue weighted by molar-refractivity contribution is 0.239. The molecule has 14 heavy (non-hydrogen) atoms. The van der Waals surface area contributed by atoms with Crippen molar-refractivity contribution in [1.82, 2.24) is 0 Å². The molecule has 0 aliphatic carbocycles. The van der Waals surface area contributed by atoms with Gasteiger partial charge in [0.15, 0.2) is 0 Å². The van der Waals surface area contributed by atoms with Crippen molar-refractivity contribution in [1.29, 1.82) is 0 Å². The maximum atomic E-state index is 5.79. The Morgan fingerprint density at radius 1 is 1.07 bits per heavy atom. The molecule has 0 bridgehead atoms. The van der Waals surface area contributed by atoms with Crippen molar-refractivity contribution in [3.63, 3.8) is 0 Å². The molecule has 1 rings (SSSR count). The number of rotatable bonds is 3. The lowest BCUT2D eigenvalue weighted by Gasteiger charge is -2.17. The van der Waals surface area contributed by atoms with Gasteiger partial charge in [0.2, 0.25) is 0 Å². The molecule has 0 saturated heterocycles. The van der Waals surface area contributed by atoms with Gasteiger partial charge in [-0.05, 0) is 43.9 Å². The van der Waals surface area contributed by atoms with Crippen molar-refractivity contribution in [3.05, 3.63) is 29.3 Å². The Balaban J connectivity index is 3.03. The van der Waals surface area contributed by atoms with Gasteiger partial charge in [0.1, 0.15) is 5.75 Å². The molecule has 0 aromatic heterocycles. The molecular weight excluding hydrogens is 172 g/mol. The Bertz CT molecular complexity index is 300. The number of ether oxygens (including phenoxy) is 1. The molecule has 0 aliphatic rings. The molecule has 1 aromatic carbocycles. The van der Waals surface area contributed by atoms with Crippen molar-refractivity contribution in [2.24, 2.45) is 0 Å². The molecule has 0 heterocycles. The van der Waals surface area contributed by atoms with Gasteiger partial charge in [-0.15, -0.1) is 0 Å². The van der Waals surface area contributed by atoms with Crippen molar-refractivity contribution in [2.75, 3.05) is 0 Å². The summed E-state index contributed by atoms with van der Waals surface area (Å²) < 4.78 is 5.79. The normalized spacial score (nSPS) is 11.1. The van der Waals surface area contributed by atoms with Gasteiger partial charge in [-0.3, -0.25) is 0 Å². The van der Waals surface area contributed by atoms with Crippen LogP contribution in [-0.4, -0.2) is 6.10 Å². The predicted octanol–water partition coefficient (Wildman–Crippen LogP) is 3.91. The van der Waals surface area contributed by atoms with Crippen LogP contribution in [0.2, 0.25) is 0 Å². The highest BCUT2D eigenvalue weighted by atomic mass is 16.5. The molecule has 0 unspecified atom stereocenters. The summed E-state index contributed by atoms with van der Waals surface area (Å²) in [6.07, 6.45) is 0.245. The Morgan fingerprint density at radius 3 is 2.21 bits per heavy atom. The molecule has 1 heteroatoms. The minimum Gasteiger partial charge on any atom is -0.491 e. The fraction of sp³-hybridized carbons (Fsp3) is 0.538. The van der Waals surface area contributed by atoms with E-state index >= 15 is 0 Å². The standard InChI is InChI=1S/C13H20O/c1-9(2)12-7-6-11(5)8-13(12)14-10(3)4/h6-10H,1-5H3. The van der Waals surface area contributed by atoms with Crippen molar-refractivity contribution < 1.29 is 4.74 Å². The molecule has 0 spiro atoms. The van der Waals surface area contributed by atoms with E-state index in [1.807, 2.05) is 0 Å². The predicted molar refractivity (Wildman–Crippen MR) is 61.0 cm³/mol. The number of benzene rings is 1. The van der Waals surface area contributed by atoms with Gasteiger partial charge >= 0.3 is 0 Å². The van der Waals surface area contributed by atoms with E-state index in [-0.39, 0.29) is 6.10 Å². The topological polar surface area (TPSA) is 9.23 Å². The molecule has 0 amide bonds. The van der Waals surface area contributed by atoms with Gasteiger partial charge in [-0.25, -0.2) is 0 Å². The maximum absolute atomic E-state index is 5.79. The first-order chi connectivity index (χ1) is 6.50. The summed E-state index contributed by atoms with van der Waals surface area (Å²) in [5.41, 5.74) is 2.55. The molecule has 78 valence electrons. The number of aryl methyl sites for hydroxylation is 1. The highest BCUT2D eigenvalue weighted by Gasteiger charge is 2.08. The summed E-state index contributed by atoms with van der Waals surface area (Å²) in [6.45, 7) is 10.6. The van der Waals surface area contributed by atoms with E-state index in [2.05, 4.69) is 52.8 Å². The van der Waals surface area contributed by atoms with E-state index in [1.165, 1.54) is 11.1 Å². The van der Waals surface area contributed by atoms with Crippen LogP contribution in [0.15, 0.2) is 18.2 Å². The molecule has 0 saturated carbocycles. The van der Waals surface area contributed by atoms with Crippen molar-refractivity contribution in [2.45, 2.75) is 46.6 Å². The fourth-order valence-corrected chi connectivity index (χ4v) is 1.47. The summed E-state index contributed by atoms with van der Waals surface area (Å²) in [6, 6.07) is 6.43. The Kier molecular flexibility index (Phi) is 3.56.